The van der Waals surface area contributed by atoms with E-state index in [-0.39, 0.29) is 12.1 Å². The average molecular weight is 384 g/mol. The summed E-state index contributed by atoms with van der Waals surface area (Å²) < 4.78 is 5.11. The fraction of sp³-hybridized carbons (Fsp3) is 0.150. The maximum Gasteiger partial charge on any atom is 0.270 e. The zero-order valence-electron chi connectivity index (χ0n) is 14.6. The van der Waals surface area contributed by atoms with Gasteiger partial charge in [0, 0.05) is 11.8 Å². The molecule has 1 atom stereocenters. The molecule has 0 fully saturated rings. The quantitative estimate of drug-likeness (QED) is 0.684. The maximum absolute atomic E-state index is 12.5. The number of nitrogens with one attached hydrogen (secondary N) is 1. The number of pyridine rings is 1. The van der Waals surface area contributed by atoms with Crippen molar-refractivity contribution >= 4 is 34.3 Å². The number of hydrogen-bond acceptors (Lipinski definition) is 4. The minimum Gasteiger partial charge on any atom is -0.495 e. The predicted molar refractivity (Wildman–Crippen MR) is 104 cm³/mol. The fourth-order valence-corrected chi connectivity index (χ4v) is 3.00. The van der Waals surface area contributed by atoms with E-state index in [2.05, 4.69) is 10.3 Å². The van der Waals surface area contributed by atoms with Crippen LogP contribution < -0.4 is 15.8 Å². The first-order valence-corrected chi connectivity index (χ1v) is 8.64. The fourth-order valence-electron chi connectivity index (χ4n) is 2.72. The standard InChI is InChI=1S/C20H18ClN3O3/c1-27-18-9-6-12(10-14(18)21)11-17(19(22)25)24-20(26)16-8-7-13-4-2-3-5-15(13)23-16/h2-10,17H,11H2,1H3,(H2,22,25)(H,24,26)/t17-/m1/s1. The molecule has 3 rings (SSSR count). The lowest BCUT2D eigenvalue weighted by atomic mass is 10.0. The van der Waals surface area contributed by atoms with Gasteiger partial charge in [-0.25, -0.2) is 4.98 Å². The molecule has 0 aliphatic carbocycles. The van der Waals surface area contributed by atoms with Crippen molar-refractivity contribution in [1.29, 1.82) is 0 Å². The number of para-hydroxylation sites is 1. The summed E-state index contributed by atoms with van der Waals surface area (Å²) in [5, 5.41) is 3.99. The molecule has 0 saturated carbocycles. The number of nitrogens with zero attached hydrogens (tertiary/aromatic N) is 1. The monoisotopic (exact) mass is 383 g/mol. The molecule has 0 unspecified atom stereocenters. The summed E-state index contributed by atoms with van der Waals surface area (Å²) in [5.41, 5.74) is 7.12. The Bertz CT molecular complexity index is 1010. The molecule has 6 nitrogen and oxygen atoms in total. The topological polar surface area (TPSA) is 94.3 Å². The van der Waals surface area contributed by atoms with Crippen LogP contribution in [0.3, 0.4) is 0 Å². The van der Waals surface area contributed by atoms with E-state index in [0.717, 1.165) is 10.9 Å². The Morgan fingerprint density at radius 1 is 1.19 bits per heavy atom. The molecule has 7 heteroatoms. The lowest BCUT2D eigenvalue weighted by Gasteiger charge is -2.16. The highest BCUT2D eigenvalue weighted by molar-refractivity contribution is 6.32. The van der Waals surface area contributed by atoms with Crippen LogP contribution in [-0.2, 0) is 11.2 Å². The molecule has 2 amide bonds. The normalized spacial score (nSPS) is 11.8. The second-order valence-electron chi connectivity index (χ2n) is 5.99. The number of amides is 2. The van der Waals surface area contributed by atoms with Crippen molar-refractivity contribution in [3.8, 4) is 5.75 Å². The summed E-state index contributed by atoms with van der Waals surface area (Å²) >= 11 is 6.11. The van der Waals surface area contributed by atoms with Gasteiger partial charge in [-0.1, -0.05) is 41.9 Å². The zero-order chi connectivity index (χ0) is 19.4. The first kappa shape index (κ1) is 18.7. The SMILES string of the molecule is COc1ccc(C[C@@H](NC(=O)c2ccc3ccccc3n2)C(N)=O)cc1Cl. The Morgan fingerprint density at radius 3 is 2.67 bits per heavy atom. The number of halogens is 1. The number of ether oxygens (including phenoxy) is 1. The molecule has 0 aliphatic rings. The van der Waals surface area contributed by atoms with Crippen LogP contribution in [0.15, 0.2) is 54.6 Å². The molecule has 0 spiro atoms. The number of methoxy groups -OCH3 is 1. The molecular weight excluding hydrogens is 366 g/mol. The molecule has 3 N–H and O–H groups in total. The zero-order valence-corrected chi connectivity index (χ0v) is 15.4. The highest BCUT2D eigenvalue weighted by Gasteiger charge is 2.21. The summed E-state index contributed by atoms with van der Waals surface area (Å²) in [6.45, 7) is 0. The molecular formula is C20H18ClN3O3. The van der Waals surface area contributed by atoms with Crippen LogP contribution in [0.25, 0.3) is 10.9 Å². The number of hydrogen-bond donors (Lipinski definition) is 2. The molecule has 1 aromatic heterocycles. The van der Waals surface area contributed by atoms with Crippen molar-refractivity contribution in [1.82, 2.24) is 10.3 Å². The molecule has 27 heavy (non-hydrogen) atoms. The lowest BCUT2D eigenvalue weighted by molar-refractivity contribution is -0.119. The third-order valence-electron chi connectivity index (χ3n) is 4.14. The van der Waals surface area contributed by atoms with Gasteiger partial charge in [-0.05, 0) is 29.8 Å². The van der Waals surface area contributed by atoms with Gasteiger partial charge < -0.3 is 15.8 Å². The number of benzene rings is 2. The van der Waals surface area contributed by atoms with Gasteiger partial charge in [0.1, 0.15) is 17.5 Å². The van der Waals surface area contributed by atoms with Gasteiger partial charge in [0.05, 0.1) is 17.6 Å². The average Bonchev–Trinajstić information content (AvgIpc) is 2.67. The molecule has 0 aliphatic heterocycles. The van der Waals surface area contributed by atoms with E-state index in [1.165, 1.54) is 7.11 Å². The summed E-state index contributed by atoms with van der Waals surface area (Å²) in [6, 6.07) is 15.1. The van der Waals surface area contributed by atoms with Crippen molar-refractivity contribution in [3.05, 3.63) is 70.9 Å². The minimum absolute atomic E-state index is 0.207. The summed E-state index contributed by atoms with van der Waals surface area (Å²) in [7, 11) is 1.52. The largest absolute Gasteiger partial charge is 0.495 e. The van der Waals surface area contributed by atoms with Crippen molar-refractivity contribution in [2.24, 2.45) is 5.73 Å². The highest BCUT2D eigenvalue weighted by Crippen LogP contribution is 2.25. The van der Waals surface area contributed by atoms with E-state index in [1.807, 2.05) is 24.3 Å². The van der Waals surface area contributed by atoms with Crippen LogP contribution in [0.5, 0.6) is 5.75 Å². The number of carbonyl (C=O) groups is 2. The first-order chi connectivity index (χ1) is 13.0. The van der Waals surface area contributed by atoms with E-state index < -0.39 is 17.9 Å². The Kier molecular flexibility index (Phi) is 5.57. The van der Waals surface area contributed by atoms with Gasteiger partial charge in [-0.2, -0.15) is 0 Å². The lowest BCUT2D eigenvalue weighted by Crippen LogP contribution is -2.46. The molecule has 3 aromatic rings. The van der Waals surface area contributed by atoms with E-state index in [1.54, 1.807) is 30.3 Å². The molecule has 0 saturated heterocycles. The van der Waals surface area contributed by atoms with Gasteiger partial charge in [0.25, 0.3) is 5.91 Å². The molecule has 138 valence electrons. The van der Waals surface area contributed by atoms with Crippen LogP contribution in [0.4, 0.5) is 0 Å². The number of primary amides is 1. The van der Waals surface area contributed by atoms with Gasteiger partial charge in [-0.15, -0.1) is 0 Å². The van der Waals surface area contributed by atoms with Crippen LogP contribution in [0, 0.1) is 0 Å². The van der Waals surface area contributed by atoms with Crippen molar-refractivity contribution in [2.45, 2.75) is 12.5 Å². The Morgan fingerprint density at radius 2 is 1.96 bits per heavy atom. The Balaban J connectivity index is 1.77. The number of nitrogens with two attached hydrogens (primary N) is 1. The maximum atomic E-state index is 12.5. The smallest absolute Gasteiger partial charge is 0.270 e. The van der Waals surface area contributed by atoms with E-state index in [9.17, 15) is 9.59 Å². The van der Waals surface area contributed by atoms with Gasteiger partial charge in [0.2, 0.25) is 5.91 Å². The van der Waals surface area contributed by atoms with Crippen LogP contribution in [-0.4, -0.2) is 29.9 Å². The molecule has 0 bridgehead atoms. The summed E-state index contributed by atoms with van der Waals surface area (Å²) in [5.74, 6) is -0.583. The van der Waals surface area contributed by atoms with Crippen LogP contribution in [0.1, 0.15) is 16.1 Å². The summed E-state index contributed by atoms with van der Waals surface area (Å²) in [6.07, 6.45) is 0.207. The van der Waals surface area contributed by atoms with Crippen molar-refractivity contribution in [2.75, 3.05) is 7.11 Å². The van der Waals surface area contributed by atoms with Crippen molar-refractivity contribution in [3.63, 3.8) is 0 Å². The number of carbonyl (C=O) groups excluding carboxylic acids is 2. The van der Waals surface area contributed by atoms with E-state index in [4.69, 9.17) is 22.1 Å². The predicted octanol–water partition coefficient (Wildman–Crippen LogP) is 2.72. The Hall–Kier alpha value is -3.12. The number of rotatable bonds is 6. The van der Waals surface area contributed by atoms with Gasteiger partial charge in [0.15, 0.2) is 0 Å². The van der Waals surface area contributed by atoms with Crippen LogP contribution in [0.2, 0.25) is 5.02 Å². The molecule has 0 radical (unpaired) electrons. The minimum atomic E-state index is -0.893. The van der Waals surface area contributed by atoms with Crippen LogP contribution >= 0.6 is 11.6 Å². The molecule has 1 heterocycles. The van der Waals surface area contributed by atoms with E-state index >= 15 is 0 Å². The summed E-state index contributed by atoms with van der Waals surface area (Å²) in [4.78, 5) is 28.7. The third kappa shape index (κ3) is 4.35. The number of fused-ring (bicyclic) bond motifs is 1. The molecule has 2 aromatic carbocycles. The van der Waals surface area contributed by atoms with E-state index in [0.29, 0.717) is 16.3 Å². The van der Waals surface area contributed by atoms with Gasteiger partial charge in [-0.3, -0.25) is 9.59 Å². The first-order valence-electron chi connectivity index (χ1n) is 8.26. The highest BCUT2D eigenvalue weighted by atomic mass is 35.5. The number of aromatic nitrogens is 1. The second-order valence-corrected chi connectivity index (χ2v) is 6.40. The second kappa shape index (κ2) is 8.05. The van der Waals surface area contributed by atoms with Gasteiger partial charge >= 0.3 is 0 Å². The van der Waals surface area contributed by atoms with Crippen molar-refractivity contribution < 1.29 is 14.3 Å². The Labute approximate surface area is 161 Å². The third-order valence-corrected chi connectivity index (χ3v) is 4.43.